The smallest absolute Gasteiger partial charge is 0.251 e. The molecule has 0 atom stereocenters. The molecule has 0 aromatic heterocycles. The van der Waals surface area contributed by atoms with E-state index in [0.717, 1.165) is 18.4 Å². The quantitative estimate of drug-likeness (QED) is 0.758. The Hall–Kier alpha value is -1.57. The average Bonchev–Trinajstić information content (AvgIpc) is 2.55. The highest BCUT2D eigenvalue weighted by atomic mass is 16.1. The minimum Gasteiger partial charge on any atom is -0.348 e. The van der Waals surface area contributed by atoms with Gasteiger partial charge in [-0.15, -0.1) is 0 Å². The van der Waals surface area contributed by atoms with Crippen LogP contribution in [0.2, 0.25) is 0 Å². The molecule has 1 aliphatic rings. The fraction of sp³-hybridized carbons (Fsp3) is 0.550. The van der Waals surface area contributed by atoms with Crippen molar-refractivity contribution in [3.63, 3.8) is 0 Å². The molecule has 0 bridgehead atoms. The number of rotatable bonds is 3. The van der Waals surface area contributed by atoms with Gasteiger partial charge in [0, 0.05) is 12.1 Å². The van der Waals surface area contributed by atoms with Crippen LogP contribution in [0.5, 0.6) is 0 Å². The van der Waals surface area contributed by atoms with E-state index in [1.54, 1.807) is 0 Å². The van der Waals surface area contributed by atoms with Crippen molar-refractivity contribution in [2.24, 2.45) is 0 Å². The molecule has 2 heteroatoms. The average molecular weight is 299 g/mol. The maximum atomic E-state index is 12.1. The Morgan fingerprint density at radius 3 is 2.23 bits per heavy atom. The van der Waals surface area contributed by atoms with Crippen LogP contribution in [0.25, 0.3) is 0 Å². The molecular weight excluding hydrogens is 270 g/mol. The summed E-state index contributed by atoms with van der Waals surface area (Å²) in [4.78, 5) is 12.1. The minimum absolute atomic E-state index is 0.0348. The van der Waals surface area contributed by atoms with E-state index in [-0.39, 0.29) is 5.91 Å². The molecule has 0 saturated carbocycles. The number of carbonyl (C=O) groups excluding carboxylic acids is 1. The number of allylic oxidation sites excluding steroid dienone is 1. The molecule has 2 rings (SSSR count). The van der Waals surface area contributed by atoms with Crippen LogP contribution in [0, 0.1) is 0 Å². The zero-order valence-corrected chi connectivity index (χ0v) is 13.7. The van der Waals surface area contributed by atoms with Crippen LogP contribution < -0.4 is 5.32 Å². The summed E-state index contributed by atoms with van der Waals surface area (Å²) in [5.74, 6) is 0.0348. The molecule has 0 heterocycles. The van der Waals surface area contributed by atoms with Crippen molar-refractivity contribution in [2.75, 3.05) is 6.54 Å². The normalized spacial score (nSPS) is 20.1. The van der Waals surface area contributed by atoms with Crippen molar-refractivity contribution in [3.05, 3.63) is 47.5 Å². The van der Waals surface area contributed by atoms with Gasteiger partial charge in [-0.1, -0.05) is 68.4 Å². The SMILES string of the molecule is O=C(NC/C1=C/CCCCCCCCCC1)c1ccccc1. The van der Waals surface area contributed by atoms with E-state index in [0.29, 0.717) is 6.54 Å². The van der Waals surface area contributed by atoms with Gasteiger partial charge in [0.05, 0.1) is 0 Å². The van der Waals surface area contributed by atoms with Gasteiger partial charge in [-0.25, -0.2) is 0 Å². The van der Waals surface area contributed by atoms with E-state index < -0.39 is 0 Å². The summed E-state index contributed by atoms with van der Waals surface area (Å²) in [6, 6.07) is 9.48. The number of benzene rings is 1. The number of nitrogens with one attached hydrogen (secondary N) is 1. The molecule has 0 aliphatic heterocycles. The topological polar surface area (TPSA) is 29.1 Å². The van der Waals surface area contributed by atoms with Crippen LogP contribution in [0.1, 0.15) is 74.6 Å². The maximum Gasteiger partial charge on any atom is 0.251 e. The Balaban J connectivity index is 1.83. The first-order valence-corrected chi connectivity index (χ1v) is 8.87. The molecule has 1 aliphatic carbocycles. The van der Waals surface area contributed by atoms with E-state index in [9.17, 15) is 4.79 Å². The molecule has 1 aromatic rings. The Kier molecular flexibility index (Phi) is 7.79. The zero-order valence-electron chi connectivity index (χ0n) is 13.7. The predicted octanol–water partition coefficient (Wildman–Crippen LogP) is 5.26. The van der Waals surface area contributed by atoms with Crippen LogP contribution in [0.15, 0.2) is 42.0 Å². The summed E-state index contributed by atoms with van der Waals surface area (Å²) in [6.45, 7) is 0.702. The number of amides is 1. The first-order chi connectivity index (χ1) is 10.9. The molecule has 1 aromatic carbocycles. The molecule has 1 amide bonds. The Morgan fingerprint density at radius 2 is 1.50 bits per heavy atom. The third-order valence-electron chi connectivity index (χ3n) is 4.40. The molecule has 0 radical (unpaired) electrons. The van der Waals surface area contributed by atoms with Crippen LogP contribution >= 0.6 is 0 Å². The zero-order chi connectivity index (χ0) is 15.5. The summed E-state index contributed by atoms with van der Waals surface area (Å²) in [6.07, 6.45) is 15.4. The van der Waals surface area contributed by atoms with Gasteiger partial charge in [-0.05, 0) is 37.8 Å². The number of hydrogen-bond donors (Lipinski definition) is 1. The Labute approximate surface area is 135 Å². The van der Waals surface area contributed by atoms with Crippen molar-refractivity contribution in [2.45, 2.75) is 64.2 Å². The Morgan fingerprint density at radius 1 is 0.864 bits per heavy atom. The van der Waals surface area contributed by atoms with Crippen molar-refractivity contribution in [1.29, 1.82) is 0 Å². The highest BCUT2D eigenvalue weighted by molar-refractivity contribution is 5.94. The van der Waals surface area contributed by atoms with E-state index >= 15 is 0 Å². The molecule has 0 unspecified atom stereocenters. The fourth-order valence-corrected chi connectivity index (χ4v) is 3.01. The maximum absolute atomic E-state index is 12.1. The highest BCUT2D eigenvalue weighted by Gasteiger charge is 2.06. The van der Waals surface area contributed by atoms with Crippen LogP contribution in [0.3, 0.4) is 0 Å². The lowest BCUT2D eigenvalue weighted by Crippen LogP contribution is -2.25. The van der Waals surface area contributed by atoms with Crippen molar-refractivity contribution in [3.8, 4) is 0 Å². The van der Waals surface area contributed by atoms with Gasteiger partial charge in [0.25, 0.3) is 5.91 Å². The minimum atomic E-state index is 0.0348. The van der Waals surface area contributed by atoms with Gasteiger partial charge in [0.2, 0.25) is 0 Å². The number of hydrogen-bond acceptors (Lipinski definition) is 1. The lowest BCUT2D eigenvalue weighted by molar-refractivity contribution is 0.0956. The van der Waals surface area contributed by atoms with Gasteiger partial charge in [0.15, 0.2) is 0 Å². The molecule has 0 saturated heterocycles. The van der Waals surface area contributed by atoms with E-state index in [2.05, 4.69) is 11.4 Å². The first kappa shape index (κ1) is 16.8. The molecule has 22 heavy (non-hydrogen) atoms. The third kappa shape index (κ3) is 6.46. The molecule has 120 valence electrons. The van der Waals surface area contributed by atoms with Crippen LogP contribution in [-0.4, -0.2) is 12.5 Å². The lowest BCUT2D eigenvalue weighted by Gasteiger charge is -2.11. The molecular formula is C20H29NO. The van der Waals surface area contributed by atoms with Gasteiger partial charge >= 0.3 is 0 Å². The van der Waals surface area contributed by atoms with E-state index in [4.69, 9.17) is 0 Å². The fourth-order valence-electron chi connectivity index (χ4n) is 3.01. The monoisotopic (exact) mass is 299 g/mol. The van der Waals surface area contributed by atoms with E-state index in [1.807, 2.05) is 30.3 Å². The van der Waals surface area contributed by atoms with Gasteiger partial charge < -0.3 is 5.32 Å². The second kappa shape index (κ2) is 10.2. The first-order valence-electron chi connectivity index (χ1n) is 8.87. The standard InChI is InChI=1S/C20H29NO/c22-20(19-15-11-8-12-16-19)21-17-18-13-9-6-4-2-1-3-5-7-10-14-18/h8,11-13,15-16H,1-7,9-10,14,17H2,(H,21,22)/b18-13+. The molecule has 2 nitrogen and oxygen atoms in total. The van der Waals surface area contributed by atoms with Gasteiger partial charge in [-0.2, -0.15) is 0 Å². The second-order valence-electron chi connectivity index (χ2n) is 6.28. The van der Waals surface area contributed by atoms with Gasteiger partial charge in [-0.3, -0.25) is 4.79 Å². The highest BCUT2D eigenvalue weighted by Crippen LogP contribution is 2.16. The van der Waals surface area contributed by atoms with Crippen LogP contribution in [-0.2, 0) is 0 Å². The lowest BCUT2D eigenvalue weighted by atomic mass is 10.0. The summed E-state index contributed by atoms with van der Waals surface area (Å²) in [5, 5.41) is 3.07. The van der Waals surface area contributed by atoms with Crippen molar-refractivity contribution < 1.29 is 4.79 Å². The van der Waals surface area contributed by atoms with Gasteiger partial charge in [0.1, 0.15) is 0 Å². The second-order valence-corrected chi connectivity index (χ2v) is 6.28. The Bertz CT molecular complexity index is 464. The molecule has 0 fully saturated rings. The third-order valence-corrected chi connectivity index (χ3v) is 4.40. The summed E-state index contributed by atoms with van der Waals surface area (Å²) in [7, 11) is 0. The van der Waals surface area contributed by atoms with Crippen molar-refractivity contribution >= 4 is 5.91 Å². The molecule has 1 N–H and O–H groups in total. The summed E-state index contributed by atoms with van der Waals surface area (Å²) < 4.78 is 0. The summed E-state index contributed by atoms with van der Waals surface area (Å²) in [5.41, 5.74) is 2.15. The van der Waals surface area contributed by atoms with E-state index in [1.165, 1.54) is 56.9 Å². The molecule has 0 spiro atoms. The number of carbonyl (C=O) groups is 1. The largest absolute Gasteiger partial charge is 0.348 e. The predicted molar refractivity (Wildman–Crippen MR) is 93.0 cm³/mol. The van der Waals surface area contributed by atoms with Crippen LogP contribution in [0.4, 0.5) is 0 Å². The van der Waals surface area contributed by atoms with Crippen molar-refractivity contribution in [1.82, 2.24) is 5.32 Å². The summed E-state index contributed by atoms with van der Waals surface area (Å²) >= 11 is 0.